The first-order chi connectivity index (χ1) is 12.3. The van der Waals surface area contributed by atoms with Crippen molar-refractivity contribution in [2.75, 3.05) is 0 Å². The third-order valence-corrected chi connectivity index (χ3v) is 4.90. The molecule has 0 bridgehead atoms. The molecule has 4 aromatic rings. The predicted molar refractivity (Wildman–Crippen MR) is 97.3 cm³/mol. The fourth-order valence-electron chi connectivity index (χ4n) is 2.67. The lowest BCUT2D eigenvalue weighted by molar-refractivity contribution is 0.686. The molecule has 0 saturated heterocycles. The second-order valence-electron chi connectivity index (χ2n) is 5.59. The van der Waals surface area contributed by atoms with Gasteiger partial charge in [-0.15, -0.1) is 10.2 Å². The Bertz CT molecular complexity index is 1030. The number of benzene rings is 1. The van der Waals surface area contributed by atoms with E-state index < -0.39 is 0 Å². The van der Waals surface area contributed by atoms with E-state index in [1.165, 1.54) is 17.3 Å². The van der Waals surface area contributed by atoms with E-state index in [9.17, 15) is 0 Å². The van der Waals surface area contributed by atoms with Crippen molar-refractivity contribution < 1.29 is 0 Å². The van der Waals surface area contributed by atoms with Crippen molar-refractivity contribution in [2.45, 2.75) is 30.6 Å². The minimum Gasteiger partial charge on any atom is -0.302 e. The molecule has 0 aliphatic carbocycles. The fourth-order valence-corrected chi connectivity index (χ4v) is 3.63. The van der Waals surface area contributed by atoms with Crippen LogP contribution in [0.2, 0.25) is 0 Å². The van der Waals surface area contributed by atoms with Gasteiger partial charge in [0.05, 0.1) is 5.52 Å². The molecule has 0 unspecified atom stereocenters. The molecule has 0 radical (unpaired) electrons. The number of nitrogens with zero attached hydrogens (tertiary/aromatic N) is 6. The SMILES string of the molecule is CCn1c(Sc2ncnc3ccc(C)cc23)nnc1-c1cccnc1. The number of rotatable bonds is 4. The highest BCUT2D eigenvalue weighted by Gasteiger charge is 2.16. The topological polar surface area (TPSA) is 69.4 Å². The molecule has 0 aliphatic heterocycles. The first-order valence-electron chi connectivity index (χ1n) is 7.99. The van der Waals surface area contributed by atoms with E-state index in [2.05, 4.69) is 55.7 Å². The molecule has 25 heavy (non-hydrogen) atoms. The lowest BCUT2D eigenvalue weighted by Crippen LogP contribution is -2.00. The molecule has 4 rings (SSSR count). The van der Waals surface area contributed by atoms with E-state index in [4.69, 9.17) is 0 Å². The van der Waals surface area contributed by atoms with Crippen molar-refractivity contribution in [3.05, 3.63) is 54.6 Å². The average Bonchev–Trinajstić information content (AvgIpc) is 3.05. The summed E-state index contributed by atoms with van der Waals surface area (Å²) in [7, 11) is 0. The summed E-state index contributed by atoms with van der Waals surface area (Å²) in [6.45, 7) is 4.91. The van der Waals surface area contributed by atoms with Crippen LogP contribution in [-0.4, -0.2) is 29.7 Å². The summed E-state index contributed by atoms with van der Waals surface area (Å²) in [6, 6.07) is 10.1. The average molecular weight is 348 g/mol. The Morgan fingerprint density at radius 3 is 2.84 bits per heavy atom. The van der Waals surface area contributed by atoms with Crippen LogP contribution in [0.1, 0.15) is 12.5 Å². The van der Waals surface area contributed by atoms with Crippen molar-refractivity contribution >= 4 is 22.7 Å². The molecule has 0 saturated carbocycles. The van der Waals surface area contributed by atoms with E-state index in [1.54, 1.807) is 18.7 Å². The van der Waals surface area contributed by atoms with Gasteiger partial charge in [-0.1, -0.05) is 11.6 Å². The summed E-state index contributed by atoms with van der Waals surface area (Å²) in [4.78, 5) is 13.0. The van der Waals surface area contributed by atoms with E-state index in [0.29, 0.717) is 0 Å². The van der Waals surface area contributed by atoms with Crippen LogP contribution in [0.5, 0.6) is 0 Å². The third-order valence-electron chi connectivity index (χ3n) is 3.90. The van der Waals surface area contributed by atoms with Gasteiger partial charge in [-0.05, 0) is 49.9 Å². The van der Waals surface area contributed by atoms with Crippen molar-refractivity contribution in [3.63, 3.8) is 0 Å². The van der Waals surface area contributed by atoms with Crippen LogP contribution >= 0.6 is 11.8 Å². The van der Waals surface area contributed by atoms with Gasteiger partial charge in [0.2, 0.25) is 0 Å². The molecule has 6 nitrogen and oxygen atoms in total. The molecule has 0 aliphatic rings. The summed E-state index contributed by atoms with van der Waals surface area (Å²) in [5.74, 6) is 0.813. The van der Waals surface area contributed by atoms with Gasteiger partial charge in [0.15, 0.2) is 11.0 Å². The lowest BCUT2D eigenvalue weighted by atomic mass is 10.2. The molecule has 1 aromatic carbocycles. The maximum absolute atomic E-state index is 4.46. The number of hydrogen-bond donors (Lipinski definition) is 0. The summed E-state index contributed by atoms with van der Waals surface area (Å²) in [5.41, 5.74) is 3.06. The summed E-state index contributed by atoms with van der Waals surface area (Å²) < 4.78 is 2.07. The quantitative estimate of drug-likeness (QED) is 0.523. The van der Waals surface area contributed by atoms with Crippen LogP contribution in [0.25, 0.3) is 22.3 Å². The van der Waals surface area contributed by atoms with Gasteiger partial charge in [0.1, 0.15) is 11.4 Å². The molecule has 0 atom stereocenters. The molecular weight excluding hydrogens is 332 g/mol. The molecule has 0 spiro atoms. The number of fused-ring (bicyclic) bond motifs is 1. The molecule has 3 heterocycles. The molecule has 3 aromatic heterocycles. The standard InChI is InChI=1S/C18H16N6S/c1-3-24-16(13-5-4-8-19-10-13)22-23-18(24)25-17-14-9-12(2)6-7-15(14)20-11-21-17/h4-11H,3H2,1-2H3. The lowest BCUT2D eigenvalue weighted by Gasteiger charge is -2.08. The maximum atomic E-state index is 4.46. The van der Waals surface area contributed by atoms with Crippen molar-refractivity contribution in [3.8, 4) is 11.4 Å². The molecule has 0 amide bonds. The number of hydrogen-bond acceptors (Lipinski definition) is 6. The third kappa shape index (κ3) is 2.98. The first-order valence-corrected chi connectivity index (χ1v) is 8.80. The molecule has 124 valence electrons. The second-order valence-corrected chi connectivity index (χ2v) is 6.55. The number of aryl methyl sites for hydroxylation is 1. The summed E-state index contributed by atoms with van der Waals surface area (Å²) in [5, 5.41) is 11.5. The minimum atomic E-state index is 0.765. The van der Waals surface area contributed by atoms with Gasteiger partial charge in [-0.3, -0.25) is 4.98 Å². The maximum Gasteiger partial charge on any atom is 0.197 e. The Hall–Kier alpha value is -2.80. The Morgan fingerprint density at radius 1 is 1.12 bits per heavy atom. The van der Waals surface area contributed by atoms with Crippen LogP contribution in [0, 0.1) is 6.92 Å². The zero-order valence-electron chi connectivity index (χ0n) is 13.9. The van der Waals surface area contributed by atoms with Gasteiger partial charge < -0.3 is 4.57 Å². The van der Waals surface area contributed by atoms with E-state index >= 15 is 0 Å². The molecule has 0 fully saturated rings. The Kier molecular flexibility index (Phi) is 4.15. The summed E-state index contributed by atoms with van der Waals surface area (Å²) in [6.07, 6.45) is 5.14. The Morgan fingerprint density at radius 2 is 2.04 bits per heavy atom. The van der Waals surface area contributed by atoms with Gasteiger partial charge in [0.25, 0.3) is 0 Å². The normalized spacial score (nSPS) is 11.1. The van der Waals surface area contributed by atoms with Crippen LogP contribution in [0.15, 0.2) is 59.2 Å². The fraction of sp³-hybridized carbons (Fsp3) is 0.167. The monoisotopic (exact) mass is 348 g/mol. The predicted octanol–water partition coefficient (Wildman–Crippen LogP) is 3.76. The van der Waals surface area contributed by atoms with Gasteiger partial charge in [-0.2, -0.15) is 0 Å². The highest BCUT2D eigenvalue weighted by Crippen LogP contribution is 2.32. The van der Waals surface area contributed by atoms with E-state index in [0.717, 1.165) is 39.0 Å². The number of aromatic nitrogens is 6. The van der Waals surface area contributed by atoms with Crippen LogP contribution < -0.4 is 0 Å². The largest absolute Gasteiger partial charge is 0.302 e. The highest BCUT2D eigenvalue weighted by atomic mass is 32.2. The number of pyridine rings is 1. The van der Waals surface area contributed by atoms with Crippen LogP contribution in [0.3, 0.4) is 0 Å². The van der Waals surface area contributed by atoms with Gasteiger partial charge >= 0.3 is 0 Å². The Labute approximate surface area is 149 Å². The zero-order chi connectivity index (χ0) is 17.2. The Balaban J connectivity index is 1.77. The van der Waals surface area contributed by atoms with E-state index in [1.807, 2.05) is 18.2 Å². The van der Waals surface area contributed by atoms with Gasteiger partial charge in [-0.25, -0.2) is 9.97 Å². The highest BCUT2D eigenvalue weighted by molar-refractivity contribution is 7.99. The smallest absolute Gasteiger partial charge is 0.197 e. The second kappa shape index (κ2) is 6.60. The first kappa shape index (κ1) is 15.7. The summed E-state index contributed by atoms with van der Waals surface area (Å²) >= 11 is 1.51. The molecule has 0 N–H and O–H groups in total. The van der Waals surface area contributed by atoms with Crippen LogP contribution in [0.4, 0.5) is 0 Å². The van der Waals surface area contributed by atoms with Crippen LogP contribution in [-0.2, 0) is 6.54 Å². The minimum absolute atomic E-state index is 0.765. The zero-order valence-corrected chi connectivity index (χ0v) is 14.7. The van der Waals surface area contributed by atoms with Crippen molar-refractivity contribution in [2.24, 2.45) is 0 Å². The van der Waals surface area contributed by atoms with E-state index in [-0.39, 0.29) is 0 Å². The van der Waals surface area contributed by atoms with Gasteiger partial charge in [0, 0.05) is 29.9 Å². The molecule has 7 heteroatoms. The molecular formula is C18H16N6S. The van der Waals surface area contributed by atoms with Crippen molar-refractivity contribution in [1.82, 2.24) is 29.7 Å². The van der Waals surface area contributed by atoms with Crippen molar-refractivity contribution in [1.29, 1.82) is 0 Å².